The summed E-state index contributed by atoms with van der Waals surface area (Å²) in [7, 11) is 0. The van der Waals surface area contributed by atoms with Crippen molar-refractivity contribution in [3.8, 4) is 11.5 Å². The number of hydrogen-bond donors (Lipinski definition) is 0. The van der Waals surface area contributed by atoms with Gasteiger partial charge in [0.25, 0.3) is 0 Å². The summed E-state index contributed by atoms with van der Waals surface area (Å²) in [5.41, 5.74) is 0. The molecule has 130 valence electrons. The Labute approximate surface area is 206 Å². The van der Waals surface area contributed by atoms with Crippen molar-refractivity contribution in [1.29, 1.82) is 0 Å². The molecule has 2 aromatic rings. The van der Waals surface area contributed by atoms with Crippen LogP contribution in [0.3, 0.4) is 0 Å². The third-order valence-corrected chi connectivity index (χ3v) is 10.5. The molecular formula is C14H6Br8O2. The maximum absolute atomic E-state index is 5.86. The topological polar surface area (TPSA) is 18.5 Å². The predicted octanol–water partition coefficient (Wildman–Crippen LogP) is 9.24. The minimum absolute atomic E-state index is 0.378. The monoisotopic (exact) mass is 837 g/mol. The van der Waals surface area contributed by atoms with Crippen LogP contribution in [0, 0.1) is 0 Å². The third-order valence-electron chi connectivity index (χ3n) is 2.72. The van der Waals surface area contributed by atoms with Crippen LogP contribution in [0.1, 0.15) is 0 Å². The highest BCUT2D eigenvalue weighted by atomic mass is 79.9. The van der Waals surface area contributed by atoms with Gasteiger partial charge in [0.05, 0.1) is 17.9 Å². The molecular weight excluding hydrogens is 839 g/mol. The smallest absolute Gasteiger partial charge is 0.150 e. The minimum Gasteiger partial charge on any atom is -0.488 e. The third kappa shape index (κ3) is 5.23. The fourth-order valence-corrected chi connectivity index (χ4v) is 6.13. The Balaban J connectivity index is 2.08. The number of benzene rings is 2. The van der Waals surface area contributed by atoms with Crippen LogP contribution in [0.15, 0.2) is 47.9 Å². The van der Waals surface area contributed by atoms with Gasteiger partial charge >= 0.3 is 0 Å². The van der Waals surface area contributed by atoms with Gasteiger partial charge in [0.1, 0.15) is 24.7 Å². The van der Waals surface area contributed by atoms with Crippen molar-refractivity contribution in [1.82, 2.24) is 0 Å². The summed E-state index contributed by atoms with van der Waals surface area (Å²) in [6.45, 7) is 0.756. The zero-order chi connectivity index (χ0) is 18.0. The van der Waals surface area contributed by atoms with Gasteiger partial charge in [-0.25, -0.2) is 0 Å². The van der Waals surface area contributed by atoms with Crippen LogP contribution in [-0.2, 0) is 0 Å². The second kappa shape index (κ2) is 9.89. The van der Waals surface area contributed by atoms with Crippen molar-refractivity contribution >= 4 is 127 Å². The van der Waals surface area contributed by atoms with Crippen molar-refractivity contribution in [2.24, 2.45) is 0 Å². The summed E-state index contributed by atoms with van der Waals surface area (Å²) < 4.78 is 18.7. The van der Waals surface area contributed by atoms with Gasteiger partial charge < -0.3 is 9.47 Å². The molecule has 0 aromatic heterocycles. The average molecular weight is 845 g/mol. The molecule has 0 N–H and O–H groups in total. The zero-order valence-electron chi connectivity index (χ0n) is 11.4. The molecule has 0 aliphatic rings. The van der Waals surface area contributed by atoms with Gasteiger partial charge in [-0.2, -0.15) is 0 Å². The van der Waals surface area contributed by atoms with Crippen molar-refractivity contribution in [2.75, 3.05) is 13.2 Å². The molecule has 0 atom stereocenters. The fourth-order valence-electron chi connectivity index (χ4n) is 1.64. The lowest BCUT2D eigenvalue weighted by Crippen LogP contribution is -2.10. The van der Waals surface area contributed by atoms with E-state index < -0.39 is 0 Å². The first kappa shape index (κ1) is 22.2. The van der Waals surface area contributed by atoms with Gasteiger partial charge in [-0.1, -0.05) is 0 Å². The lowest BCUT2D eigenvalue weighted by molar-refractivity contribution is 0.213. The highest BCUT2D eigenvalue weighted by Gasteiger charge is 2.16. The predicted molar refractivity (Wildman–Crippen MR) is 125 cm³/mol. The van der Waals surface area contributed by atoms with E-state index in [0.717, 1.165) is 35.8 Å². The van der Waals surface area contributed by atoms with Crippen LogP contribution in [0.25, 0.3) is 0 Å². The van der Waals surface area contributed by atoms with E-state index in [4.69, 9.17) is 9.47 Å². The van der Waals surface area contributed by atoms with Crippen molar-refractivity contribution in [3.63, 3.8) is 0 Å². The Bertz CT molecular complexity index is 660. The first-order valence-corrected chi connectivity index (χ1v) is 12.5. The molecule has 0 saturated carbocycles. The van der Waals surface area contributed by atoms with Crippen molar-refractivity contribution < 1.29 is 9.47 Å². The maximum Gasteiger partial charge on any atom is 0.150 e. The highest BCUT2D eigenvalue weighted by Crippen LogP contribution is 2.44. The molecule has 2 aromatic carbocycles. The quantitative estimate of drug-likeness (QED) is 0.221. The Hall–Kier alpha value is 1.88. The first-order chi connectivity index (χ1) is 11.2. The van der Waals surface area contributed by atoms with Crippen molar-refractivity contribution in [2.45, 2.75) is 0 Å². The molecule has 2 nitrogen and oxygen atoms in total. The van der Waals surface area contributed by atoms with Gasteiger partial charge in [0.15, 0.2) is 0 Å². The Kier molecular flexibility index (Phi) is 9.13. The van der Waals surface area contributed by atoms with E-state index in [0.29, 0.717) is 24.7 Å². The zero-order valence-corrected chi connectivity index (χ0v) is 24.1. The first-order valence-electron chi connectivity index (χ1n) is 6.15. The Morgan fingerprint density at radius 2 is 0.750 bits per heavy atom. The summed E-state index contributed by atoms with van der Waals surface area (Å²) in [6, 6.07) is 3.87. The van der Waals surface area contributed by atoms with E-state index in [1.807, 2.05) is 12.1 Å². The summed E-state index contributed by atoms with van der Waals surface area (Å²) in [5.74, 6) is 1.40. The van der Waals surface area contributed by atoms with E-state index in [-0.39, 0.29) is 0 Å². The molecule has 0 aliphatic heterocycles. The molecule has 24 heavy (non-hydrogen) atoms. The normalized spacial score (nSPS) is 10.8. The summed E-state index contributed by atoms with van der Waals surface area (Å²) in [5, 5.41) is 0. The standard InChI is InChI=1S/C14H6Br8O2/c15-5-3-6(16)10(20)13(9(5)19)23-1-2-24-14-11(21)7(17)4-8(18)12(14)22/h3-4H,1-2H2. The van der Waals surface area contributed by atoms with Crippen LogP contribution in [0.2, 0.25) is 0 Å². The van der Waals surface area contributed by atoms with Crippen LogP contribution < -0.4 is 9.47 Å². The number of halogens is 8. The molecule has 0 fully saturated rings. The van der Waals surface area contributed by atoms with Crippen LogP contribution in [-0.4, -0.2) is 13.2 Å². The molecule has 2 rings (SSSR count). The van der Waals surface area contributed by atoms with Gasteiger partial charge in [-0.05, 0) is 140 Å². The van der Waals surface area contributed by atoms with Crippen molar-refractivity contribution in [3.05, 3.63) is 47.9 Å². The number of ether oxygens (including phenoxy) is 2. The molecule has 0 spiro atoms. The van der Waals surface area contributed by atoms with Crippen LogP contribution >= 0.6 is 127 Å². The summed E-state index contributed by atoms with van der Waals surface area (Å²) in [6.07, 6.45) is 0. The largest absolute Gasteiger partial charge is 0.488 e. The van der Waals surface area contributed by atoms with Gasteiger partial charge in [0.2, 0.25) is 0 Å². The van der Waals surface area contributed by atoms with E-state index in [1.165, 1.54) is 0 Å². The van der Waals surface area contributed by atoms with Crippen LogP contribution in [0.4, 0.5) is 0 Å². The minimum atomic E-state index is 0.378. The highest BCUT2D eigenvalue weighted by molar-refractivity contribution is 9.14. The molecule has 0 bridgehead atoms. The number of hydrogen-bond acceptors (Lipinski definition) is 2. The van der Waals surface area contributed by atoms with Crippen LogP contribution in [0.5, 0.6) is 11.5 Å². The van der Waals surface area contributed by atoms with Gasteiger partial charge in [-0.3, -0.25) is 0 Å². The second-order valence-corrected chi connectivity index (χ2v) is 10.9. The molecule has 0 amide bonds. The Morgan fingerprint density at radius 1 is 0.500 bits per heavy atom. The Morgan fingerprint density at radius 3 is 1.00 bits per heavy atom. The molecule has 10 heteroatoms. The van der Waals surface area contributed by atoms with E-state index >= 15 is 0 Å². The lowest BCUT2D eigenvalue weighted by atomic mass is 10.3. The average Bonchev–Trinajstić information content (AvgIpc) is 2.53. The van der Waals surface area contributed by atoms with E-state index in [1.54, 1.807) is 0 Å². The summed E-state index contributed by atoms with van der Waals surface area (Å²) in [4.78, 5) is 0. The second-order valence-electron chi connectivity index (χ2n) is 4.29. The maximum atomic E-state index is 5.86. The number of rotatable bonds is 5. The van der Waals surface area contributed by atoms with E-state index in [2.05, 4.69) is 127 Å². The van der Waals surface area contributed by atoms with E-state index in [9.17, 15) is 0 Å². The molecule has 0 radical (unpaired) electrons. The molecule has 0 heterocycles. The molecule has 0 saturated heterocycles. The molecule has 0 aliphatic carbocycles. The summed E-state index contributed by atoms with van der Waals surface area (Å²) >= 11 is 28.0. The van der Waals surface area contributed by atoms with Gasteiger partial charge in [-0.15, -0.1) is 0 Å². The van der Waals surface area contributed by atoms with Gasteiger partial charge in [0, 0.05) is 17.9 Å². The fraction of sp³-hybridized carbons (Fsp3) is 0.143. The lowest BCUT2D eigenvalue weighted by Gasteiger charge is -2.15. The SMILES string of the molecule is Brc1cc(Br)c(Br)c(OCCOc2c(Br)c(Br)cc(Br)c2Br)c1Br. The molecule has 0 unspecified atom stereocenters.